The van der Waals surface area contributed by atoms with Gasteiger partial charge in [-0.05, 0) is 35.9 Å². The summed E-state index contributed by atoms with van der Waals surface area (Å²) in [6.45, 7) is 0. The van der Waals surface area contributed by atoms with E-state index in [1.54, 1.807) is 36.4 Å². The number of rotatable bonds is 2. The van der Waals surface area contributed by atoms with Crippen LogP contribution in [0.5, 0.6) is 5.75 Å². The maximum atomic E-state index is 12.6. The van der Waals surface area contributed by atoms with Crippen LogP contribution in [0, 0.1) is 10.1 Å². The van der Waals surface area contributed by atoms with E-state index in [4.69, 9.17) is 27.9 Å². The standard InChI is InChI=1S/C15H9Cl2NO4/c16-10-5-3-4-9(8-10)14-15(17,18(20)21)13(19)11-6-1-2-7-12(11)22-14/h1-8,14H/t14-,15+/m1/s1. The predicted molar refractivity (Wildman–Crippen MR) is 81.2 cm³/mol. The van der Waals surface area contributed by atoms with Gasteiger partial charge in [-0.1, -0.05) is 35.9 Å². The van der Waals surface area contributed by atoms with Crippen molar-refractivity contribution in [3.63, 3.8) is 0 Å². The van der Waals surface area contributed by atoms with E-state index in [2.05, 4.69) is 0 Å². The van der Waals surface area contributed by atoms with Crippen molar-refractivity contribution < 1.29 is 14.5 Å². The molecule has 0 N–H and O–H groups in total. The Labute approximate surface area is 135 Å². The number of nitrogens with zero attached hydrogens (tertiary/aromatic N) is 1. The molecule has 0 spiro atoms. The van der Waals surface area contributed by atoms with E-state index in [-0.39, 0.29) is 11.3 Å². The number of Topliss-reactive ketones (excluding diaryl/α,β-unsaturated/α-hetero) is 1. The molecule has 0 aromatic heterocycles. The van der Waals surface area contributed by atoms with Crippen LogP contribution in [-0.4, -0.2) is 15.7 Å². The Bertz CT molecular complexity index is 780. The first-order valence-electron chi connectivity index (χ1n) is 6.34. The molecule has 0 radical (unpaired) electrons. The third kappa shape index (κ3) is 2.14. The van der Waals surface area contributed by atoms with Gasteiger partial charge in [0.1, 0.15) is 5.75 Å². The Morgan fingerprint density at radius 1 is 1.18 bits per heavy atom. The Kier molecular flexibility index (Phi) is 3.54. The number of benzene rings is 2. The topological polar surface area (TPSA) is 69.4 Å². The van der Waals surface area contributed by atoms with Crippen molar-refractivity contribution in [1.82, 2.24) is 0 Å². The lowest BCUT2D eigenvalue weighted by Crippen LogP contribution is -2.51. The molecule has 1 aliphatic heterocycles. The molecule has 0 bridgehead atoms. The maximum absolute atomic E-state index is 12.6. The third-order valence-corrected chi connectivity index (χ3v) is 4.20. The Balaban J connectivity index is 2.20. The van der Waals surface area contributed by atoms with Crippen molar-refractivity contribution in [2.45, 2.75) is 11.1 Å². The number of ether oxygens (including phenoxy) is 1. The molecular formula is C15H9Cl2NO4. The van der Waals surface area contributed by atoms with E-state index >= 15 is 0 Å². The SMILES string of the molecule is O=C1c2ccccc2O[C@H](c2cccc(Cl)c2)[C@@]1(Cl)[N+](=O)[O-]. The summed E-state index contributed by atoms with van der Waals surface area (Å²) < 4.78 is 5.67. The third-order valence-electron chi connectivity index (χ3n) is 3.46. The van der Waals surface area contributed by atoms with Crippen LogP contribution in [-0.2, 0) is 0 Å². The number of halogens is 2. The number of hydrogen-bond acceptors (Lipinski definition) is 4. The Hall–Kier alpha value is -2.11. The molecule has 0 saturated carbocycles. The monoisotopic (exact) mass is 337 g/mol. The predicted octanol–water partition coefficient (Wildman–Crippen LogP) is 3.87. The maximum Gasteiger partial charge on any atom is 0.397 e. The number of ketones is 1. The Morgan fingerprint density at radius 3 is 2.59 bits per heavy atom. The second-order valence-electron chi connectivity index (χ2n) is 4.81. The lowest BCUT2D eigenvalue weighted by atomic mass is 9.91. The van der Waals surface area contributed by atoms with E-state index in [0.29, 0.717) is 10.6 Å². The quantitative estimate of drug-likeness (QED) is 0.361. The second-order valence-corrected chi connectivity index (χ2v) is 5.82. The molecule has 1 aliphatic rings. The van der Waals surface area contributed by atoms with E-state index in [0.717, 1.165) is 0 Å². The first-order chi connectivity index (χ1) is 10.4. The number of carbonyl (C=O) groups is 1. The molecule has 0 aliphatic carbocycles. The van der Waals surface area contributed by atoms with Gasteiger partial charge in [-0.15, -0.1) is 0 Å². The van der Waals surface area contributed by atoms with Gasteiger partial charge >= 0.3 is 5.00 Å². The Morgan fingerprint density at radius 2 is 1.91 bits per heavy atom. The van der Waals surface area contributed by atoms with Crippen molar-refractivity contribution in [1.29, 1.82) is 0 Å². The summed E-state index contributed by atoms with van der Waals surface area (Å²) in [7, 11) is 0. The average molecular weight is 338 g/mol. The van der Waals surface area contributed by atoms with Crippen LogP contribution in [0.2, 0.25) is 5.02 Å². The molecule has 3 rings (SSSR count). The van der Waals surface area contributed by atoms with Crippen LogP contribution in [0.25, 0.3) is 0 Å². The zero-order chi connectivity index (χ0) is 15.9. The van der Waals surface area contributed by atoms with Gasteiger partial charge in [0.2, 0.25) is 6.10 Å². The first-order valence-corrected chi connectivity index (χ1v) is 7.09. The van der Waals surface area contributed by atoms with Crippen molar-refractivity contribution in [2.75, 3.05) is 0 Å². The van der Waals surface area contributed by atoms with Gasteiger partial charge in [0, 0.05) is 10.6 Å². The van der Waals surface area contributed by atoms with E-state index in [1.807, 2.05) is 0 Å². The molecule has 2 aromatic carbocycles. The van der Waals surface area contributed by atoms with Crippen LogP contribution in [0.1, 0.15) is 22.0 Å². The van der Waals surface area contributed by atoms with Crippen molar-refractivity contribution in [3.05, 3.63) is 74.8 Å². The molecule has 0 fully saturated rings. The molecule has 7 heteroatoms. The van der Waals surface area contributed by atoms with Crippen LogP contribution in [0.15, 0.2) is 48.5 Å². The van der Waals surface area contributed by atoms with Gasteiger partial charge in [0.05, 0.1) is 10.5 Å². The summed E-state index contributed by atoms with van der Waals surface area (Å²) in [5.41, 5.74) is 0.453. The van der Waals surface area contributed by atoms with Gasteiger partial charge < -0.3 is 4.74 Å². The number of para-hydroxylation sites is 1. The van der Waals surface area contributed by atoms with Crippen LogP contribution in [0.3, 0.4) is 0 Å². The number of alkyl halides is 1. The lowest BCUT2D eigenvalue weighted by Gasteiger charge is -2.32. The van der Waals surface area contributed by atoms with E-state index in [1.165, 1.54) is 12.1 Å². The highest BCUT2D eigenvalue weighted by Crippen LogP contribution is 2.45. The molecular weight excluding hydrogens is 329 g/mol. The van der Waals surface area contributed by atoms with Gasteiger partial charge in [-0.25, -0.2) is 0 Å². The fourth-order valence-corrected chi connectivity index (χ4v) is 2.88. The summed E-state index contributed by atoms with van der Waals surface area (Å²) in [5, 5.41) is 11.9. The van der Waals surface area contributed by atoms with E-state index < -0.39 is 21.8 Å². The molecule has 2 aromatic rings. The van der Waals surface area contributed by atoms with Gasteiger partial charge in [0.25, 0.3) is 5.78 Å². The zero-order valence-electron chi connectivity index (χ0n) is 11.0. The number of hydrogen-bond donors (Lipinski definition) is 0. The fraction of sp³-hybridized carbons (Fsp3) is 0.133. The highest BCUT2D eigenvalue weighted by molar-refractivity contribution is 6.37. The largest absolute Gasteiger partial charge is 0.475 e. The smallest absolute Gasteiger partial charge is 0.397 e. The van der Waals surface area contributed by atoms with Crippen molar-refractivity contribution in [2.24, 2.45) is 0 Å². The molecule has 22 heavy (non-hydrogen) atoms. The van der Waals surface area contributed by atoms with Gasteiger partial charge in [-0.2, -0.15) is 0 Å². The summed E-state index contributed by atoms with van der Waals surface area (Å²) in [6, 6.07) is 12.6. The lowest BCUT2D eigenvalue weighted by molar-refractivity contribution is -0.536. The summed E-state index contributed by atoms with van der Waals surface area (Å²) in [6.07, 6.45) is -1.27. The second kappa shape index (κ2) is 5.26. The van der Waals surface area contributed by atoms with Crippen molar-refractivity contribution in [3.8, 4) is 5.75 Å². The number of fused-ring (bicyclic) bond motifs is 1. The van der Waals surface area contributed by atoms with Gasteiger partial charge in [0.15, 0.2) is 0 Å². The molecule has 0 saturated heterocycles. The van der Waals surface area contributed by atoms with Crippen LogP contribution >= 0.6 is 23.2 Å². The molecule has 112 valence electrons. The van der Waals surface area contributed by atoms with E-state index in [9.17, 15) is 14.9 Å². The average Bonchev–Trinajstić information content (AvgIpc) is 2.50. The minimum atomic E-state index is -2.43. The van der Waals surface area contributed by atoms with Gasteiger partial charge in [-0.3, -0.25) is 14.9 Å². The fourth-order valence-electron chi connectivity index (χ4n) is 2.41. The molecule has 5 nitrogen and oxygen atoms in total. The number of nitro groups is 1. The molecule has 0 unspecified atom stereocenters. The summed E-state index contributed by atoms with van der Waals surface area (Å²) in [5.74, 6) is -0.540. The highest BCUT2D eigenvalue weighted by Gasteiger charge is 2.62. The van der Waals surface area contributed by atoms with Crippen LogP contribution < -0.4 is 4.74 Å². The first kappa shape index (κ1) is 14.8. The minimum absolute atomic E-state index is 0.0903. The van der Waals surface area contributed by atoms with Crippen LogP contribution in [0.4, 0.5) is 0 Å². The minimum Gasteiger partial charge on any atom is -0.475 e. The summed E-state index contributed by atoms with van der Waals surface area (Å²) in [4.78, 5) is 20.8. The van der Waals surface area contributed by atoms with Crippen molar-refractivity contribution >= 4 is 29.0 Å². The summed E-state index contributed by atoms with van der Waals surface area (Å²) >= 11 is 12.0. The zero-order valence-corrected chi connectivity index (χ0v) is 12.5. The highest BCUT2D eigenvalue weighted by atomic mass is 35.5. The normalized spacial score (nSPS) is 23.5. The number of carbonyl (C=O) groups excluding carboxylic acids is 1. The molecule has 2 atom stereocenters. The molecule has 1 heterocycles. The molecule has 0 amide bonds.